The SMILES string of the molecule is CCC(Sc1cnc(C#N)cn1)C(=O)O. The quantitative estimate of drug-likeness (QED) is 0.774. The Morgan fingerprint density at radius 2 is 2.40 bits per heavy atom. The molecule has 1 N–H and O–H groups in total. The highest BCUT2D eigenvalue weighted by molar-refractivity contribution is 8.00. The van der Waals surface area contributed by atoms with Gasteiger partial charge in [-0.1, -0.05) is 18.7 Å². The van der Waals surface area contributed by atoms with E-state index in [0.717, 1.165) is 11.8 Å². The van der Waals surface area contributed by atoms with Crippen LogP contribution in [0.5, 0.6) is 0 Å². The lowest BCUT2D eigenvalue weighted by Gasteiger charge is -2.07. The summed E-state index contributed by atoms with van der Waals surface area (Å²) in [4.78, 5) is 18.5. The average Bonchev–Trinajstić information content (AvgIpc) is 2.26. The third-order valence-corrected chi connectivity index (χ3v) is 2.92. The van der Waals surface area contributed by atoms with Crippen LogP contribution in [0.1, 0.15) is 19.0 Å². The Morgan fingerprint density at radius 1 is 1.67 bits per heavy atom. The number of thioether (sulfide) groups is 1. The zero-order valence-corrected chi connectivity index (χ0v) is 8.86. The molecule has 1 aromatic heterocycles. The molecule has 0 aliphatic rings. The summed E-state index contributed by atoms with van der Waals surface area (Å²) in [6, 6.07) is 1.85. The molecule has 1 rings (SSSR count). The number of carbonyl (C=O) groups is 1. The maximum atomic E-state index is 10.7. The van der Waals surface area contributed by atoms with Crippen molar-refractivity contribution in [2.45, 2.75) is 23.6 Å². The molecule has 0 spiro atoms. The van der Waals surface area contributed by atoms with Gasteiger partial charge in [0.15, 0.2) is 5.69 Å². The standard InChI is InChI=1S/C9H9N3O2S/c1-2-7(9(13)14)15-8-5-11-6(3-10)4-12-8/h4-5,7H,2H2,1H3,(H,13,14). The van der Waals surface area contributed by atoms with Crippen LogP contribution >= 0.6 is 11.8 Å². The van der Waals surface area contributed by atoms with Gasteiger partial charge in [-0.15, -0.1) is 0 Å². The molecular formula is C9H9N3O2S. The van der Waals surface area contributed by atoms with Crippen molar-refractivity contribution in [3.8, 4) is 6.07 Å². The number of rotatable bonds is 4. The minimum atomic E-state index is -0.867. The summed E-state index contributed by atoms with van der Waals surface area (Å²) in [6.45, 7) is 1.79. The molecule has 1 aromatic rings. The Morgan fingerprint density at radius 3 is 2.80 bits per heavy atom. The van der Waals surface area contributed by atoms with Crippen LogP contribution < -0.4 is 0 Å². The Labute approximate surface area is 91.2 Å². The van der Waals surface area contributed by atoms with Gasteiger partial charge in [-0.2, -0.15) is 5.26 Å². The summed E-state index contributed by atoms with van der Waals surface area (Å²) in [5, 5.41) is 17.3. The van der Waals surface area contributed by atoms with E-state index in [-0.39, 0.29) is 5.69 Å². The fourth-order valence-corrected chi connectivity index (χ4v) is 1.68. The molecule has 1 heterocycles. The first-order valence-electron chi connectivity index (χ1n) is 4.29. The smallest absolute Gasteiger partial charge is 0.317 e. The third-order valence-electron chi connectivity index (χ3n) is 1.65. The number of hydrogen-bond acceptors (Lipinski definition) is 5. The summed E-state index contributed by atoms with van der Waals surface area (Å²) in [5.41, 5.74) is 0.225. The number of aliphatic carboxylic acids is 1. The molecule has 0 bridgehead atoms. The van der Waals surface area contributed by atoms with E-state index in [9.17, 15) is 4.79 Å². The number of carboxylic acid groups (broad SMARTS) is 1. The van der Waals surface area contributed by atoms with E-state index >= 15 is 0 Å². The van der Waals surface area contributed by atoms with E-state index in [1.165, 1.54) is 12.4 Å². The molecule has 0 amide bonds. The van der Waals surface area contributed by atoms with Crippen LogP contribution in [0.15, 0.2) is 17.4 Å². The second kappa shape index (κ2) is 5.32. The van der Waals surface area contributed by atoms with Crippen molar-refractivity contribution in [3.63, 3.8) is 0 Å². The molecule has 0 aliphatic heterocycles. The van der Waals surface area contributed by atoms with Crippen LogP contribution in [0.25, 0.3) is 0 Å². The lowest BCUT2D eigenvalue weighted by atomic mass is 10.3. The van der Waals surface area contributed by atoms with Gasteiger partial charge in [-0.3, -0.25) is 4.79 Å². The van der Waals surface area contributed by atoms with Gasteiger partial charge < -0.3 is 5.11 Å². The van der Waals surface area contributed by atoms with Gasteiger partial charge in [0.25, 0.3) is 0 Å². The van der Waals surface area contributed by atoms with Crippen molar-refractivity contribution in [1.29, 1.82) is 5.26 Å². The topological polar surface area (TPSA) is 86.9 Å². The van der Waals surface area contributed by atoms with E-state index in [1.807, 2.05) is 6.07 Å². The third kappa shape index (κ3) is 3.22. The highest BCUT2D eigenvalue weighted by Gasteiger charge is 2.17. The molecule has 1 unspecified atom stereocenters. The van der Waals surface area contributed by atoms with Crippen LogP contribution in [0, 0.1) is 11.3 Å². The van der Waals surface area contributed by atoms with Crippen molar-refractivity contribution in [3.05, 3.63) is 18.1 Å². The Balaban J connectivity index is 2.72. The van der Waals surface area contributed by atoms with Crippen LogP contribution in [-0.4, -0.2) is 26.3 Å². The number of nitrogens with zero attached hydrogens (tertiary/aromatic N) is 3. The van der Waals surface area contributed by atoms with Crippen molar-refractivity contribution in [1.82, 2.24) is 9.97 Å². The van der Waals surface area contributed by atoms with Crippen LogP contribution in [-0.2, 0) is 4.79 Å². The molecule has 0 saturated carbocycles. The first-order valence-corrected chi connectivity index (χ1v) is 5.17. The van der Waals surface area contributed by atoms with Crippen LogP contribution in [0.4, 0.5) is 0 Å². The molecule has 6 heteroatoms. The van der Waals surface area contributed by atoms with Crippen molar-refractivity contribution < 1.29 is 9.90 Å². The minimum absolute atomic E-state index is 0.225. The molecular weight excluding hydrogens is 214 g/mol. The first kappa shape index (κ1) is 11.5. The summed E-state index contributed by atoms with van der Waals surface area (Å²) < 4.78 is 0. The maximum absolute atomic E-state index is 10.7. The van der Waals surface area contributed by atoms with E-state index in [0.29, 0.717) is 11.4 Å². The summed E-state index contributed by atoms with van der Waals surface area (Å²) in [6.07, 6.45) is 3.26. The normalized spacial score (nSPS) is 11.7. The summed E-state index contributed by atoms with van der Waals surface area (Å²) >= 11 is 1.13. The second-order valence-electron chi connectivity index (χ2n) is 2.70. The van der Waals surface area contributed by atoms with Crippen LogP contribution in [0.2, 0.25) is 0 Å². The van der Waals surface area contributed by atoms with Crippen molar-refractivity contribution >= 4 is 17.7 Å². The molecule has 1 atom stereocenters. The van der Waals surface area contributed by atoms with E-state index in [2.05, 4.69) is 9.97 Å². The fraction of sp³-hybridized carbons (Fsp3) is 0.333. The second-order valence-corrected chi connectivity index (χ2v) is 3.93. The molecule has 15 heavy (non-hydrogen) atoms. The molecule has 0 aliphatic carbocycles. The van der Waals surface area contributed by atoms with Gasteiger partial charge in [-0.05, 0) is 6.42 Å². The molecule has 78 valence electrons. The fourth-order valence-electron chi connectivity index (χ4n) is 0.889. The summed E-state index contributed by atoms with van der Waals surface area (Å²) in [5.74, 6) is -0.867. The van der Waals surface area contributed by atoms with Gasteiger partial charge in [0.1, 0.15) is 16.3 Å². The van der Waals surface area contributed by atoms with Crippen molar-refractivity contribution in [2.75, 3.05) is 0 Å². The molecule has 0 fully saturated rings. The van der Waals surface area contributed by atoms with Gasteiger partial charge in [-0.25, -0.2) is 9.97 Å². The van der Waals surface area contributed by atoms with Crippen LogP contribution in [0.3, 0.4) is 0 Å². The van der Waals surface area contributed by atoms with E-state index in [4.69, 9.17) is 10.4 Å². The van der Waals surface area contributed by atoms with Gasteiger partial charge in [0.05, 0.1) is 12.4 Å². The summed E-state index contributed by atoms with van der Waals surface area (Å²) in [7, 11) is 0. The number of carboxylic acids is 1. The lowest BCUT2D eigenvalue weighted by Crippen LogP contribution is -2.14. The highest BCUT2D eigenvalue weighted by atomic mass is 32.2. The number of nitriles is 1. The maximum Gasteiger partial charge on any atom is 0.317 e. The molecule has 5 nitrogen and oxygen atoms in total. The van der Waals surface area contributed by atoms with E-state index in [1.54, 1.807) is 6.92 Å². The largest absolute Gasteiger partial charge is 0.480 e. The minimum Gasteiger partial charge on any atom is -0.480 e. The zero-order valence-electron chi connectivity index (χ0n) is 8.04. The van der Waals surface area contributed by atoms with Crippen molar-refractivity contribution in [2.24, 2.45) is 0 Å². The molecule has 0 radical (unpaired) electrons. The number of hydrogen-bond donors (Lipinski definition) is 1. The predicted octanol–water partition coefficient (Wildman–Crippen LogP) is 1.30. The predicted molar refractivity (Wildman–Crippen MR) is 54.3 cm³/mol. The molecule has 0 aromatic carbocycles. The van der Waals surface area contributed by atoms with Gasteiger partial charge in [0.2, 0.25) is 0 Å². The first-order chi connectivity index (χ1) is 7.17. The van der Waals surface area contributed by atoms with E-state index < -0.39 is 11.2 Å². The zero-order chi connectivity index (χ0) is 11.3. The average molecular weight is 223 g/mol. The lowest BCUT2D eigenvalue weighted by molar-refractivity contribution is -0.136. The Hall–Kier alpha value is -1.61. The monoisotopic (exact) mass is 223 g/mol. The highest BCUT2D eigenvalue weighted by Crippen LogP contribution is 2.22. The Kier molecular flexibility index (Phi) is 4.06. The number of aromatic nitrogens is 2. The van der Waals surface area contributed by atoms with Gasteiger partial charge >= 0.3 is 5.97 Å². The Bertz CT molecular complexity index is 385. The van der Waals surface area contributed by atoms with Gasteiger partial charge in [0, 0.05) is 0 Å². The molecule has 0 saturated heterocycles.